The van der Waals surface area contributed by atoms with Gasteiger partial charge in [-0.1, -0.05) is 13.8 Å². The summed E-state index contributed by atoms with van der Waals surface area (Å²) in [5.41, 5.74) is 6.86. The zero-order valence-corrected chi connectivity index (χ0v) is 18.5. The number of nitrogens with one attached hydrogen (secondary N) is 1. The Bertz CT molecular complexity index is 932. The number of piperazine rings is 1. The molecule has 31 heavy (non-hydrogen) atoms. The van der Waals surface area contributed by atoms with Crippen molar-refractivity contribution in [3.05, 3.63) is 30.7 Å². The van der Waals surface area contributed by atoms with E-state index in [1.165, 1.54) is 0 Å². The van der Waals surface area contributed by atoms with Crippen molar-refractivity contribution in [3.8, 4) is 0 Å². The lowest BCUT2D eigenvalue weighted by Crippen LogP contribution is -2.57. The Labute approximate surface area is 182 Å². The van der Waals surface area contributed by atoms with Crippen LogP contribution < -0.4 is 11.1 Å². The normalized spacial score (nSPS) is 16.4. The van der Waals surface area contributed by atoms with Gasteiger partial charge in [0.1, 0.15) is 6.04 Å². The van der Waals surface area contributed by atoms with Gasteiger partial charge in [-0.05, 0) is 25.0 Å². The Kier molecular flexibility index (Phi) is 7.27. The summed E-state index contributed by atoms with van der Waals surface area (Å²) in [7, 11) is 0. The molecule has 3 N–H and O–H groups in total. The number of aryl methyl sites for hydroxylation is 1. The van der Waals surface area contributed by atoms with Crippen LogP contribution in [-0.2, 0) is 20.9 Å². The number of hydrogen-bond donors (Lipinski definition) is 2. The summed E-state index contributed by atoms with van der Waals surface area (Å²) < 4.78 is 2.03. The lowest BCUT2D eigenvalue weighted by Gasteiger charge is -2.36. The van der Waals surface area contributed by atoms with E-state index in [1.54, 1.807) is 29.1 Å². The Balaban J connectivity index is 1.45. The van der Waals surface area contributed by atoms with Gasteiger partial charge >= 0.3 is 0 Å². The summed E-state index contributed by atoms with van der Waals surface area (Å²) in [6, 6.07) is 2.68. The highest BCUT2D eigenvalue weighted by atomic mass is 16.2. The first-order chi connectivity index (χ1) is 14.8. The second-order valence-electron chi connectivity index (χ2n) is 8.40. The number of amides is 3. The third kappa shape index (κ3) is 5.41. The van der Waals surface area contributed by atoms with E-state index in [2.05, 4.69) is 10.3 Å². The second-order valence-corrected chi connectivity index (χ2v) is 8.40. The SMILES string of the molecule is CC(C)[C@@H](N)C(=O)N[C@@H](C)C(=O)N1CCN(C(=O)CCn2ccc3ccncc32)CC1. The Morgan fingerprint density at radius 3 is 2.45 bits per heavy atom. The fourth-order valence-corrected chi connectivity index (χ4v) is 3.72. The molecule has 168 valence electrons. The van der Waals surface area contributed by atoms with Crippen LogP contribution in [0.15, 0.2) is 30.7 Å². The summed E-state index contributed by atoms with van der Waals surface area (Å²) in [5.74, 6) is -0.403. The van der Waals surface area contributed by atoms with Crippen LogP contribution in [0.5, 0.6) is 0 Å². The predicted octanol–water partition coefficient (Wildman–Crippen LogP) is 0.585. The number of aromatic nitrogens is 2. The van der Waals surface area contributed by atoms with E-state index in [0.29, 0.717) is 39.1 Å². The van der Waals surface area contributed by atoms with Gasteiger partial charge in [0.2, 0.25) is 17.7 Å². The summed E-state index contributed by atoms with van der Waals surface area (Å²) in [4.78, 5) is 45.1. The quantitative estimate of drug-likeness (QED) is 0.670. The number of rotatable bonds is 7. The monoisotopic (exact) mass is 428 g/mol. The van der Waals surface area contributed by atoms with E-state index in [1.807, 2.05) is 36.7 Å². The van der Waals surface area contributed by atoms with Crippen LogP contribution in [0.25, 0.3) is 10.9 Å². The van der Waals surface area contributed by atoms with Gasteiger partial charge in [0, 0.05) is 56.9 Å². The molecule has 0 unspecified atom stereocenters. The molecule has 0 aromatic carbocycles. The van der Waals surface area contributed by atoms with Crippen LogP contribution in [0, 0.1) is 5.92 Å². The lowest BCUT2D eigenvalue weighted by atomic mass is 10.0. The van der Waals surface area contributed by atoms with Crippen molar-refractivity contribution in [2.75, 3.05) is 26.2 Å². The minimum atomic E-state index is -0.643. The number of nitrogens with two attached hydrogens (primary N) is 1. The van der Waals surface area contributed by atoms with E-state index < -0.39 is 12.1 Å². The summed E-state index contributed by atoms with van der Waals surface area (Å²) in [6.45, 7) is 7.88. The number of fused-ring (bicyclic) bond motifs is 1. The number of carbonyl (C=O) groups excluding carboxylic acids is 3. The van der Waals surface area contributed by atoms with Gasteiger partial charge in [0.05, 0.1) is 17.8 Å². The number of nitrogens with zero attached hydrogens (tertiary/aromatic N) is 4. The van der Waals surface area contributed by atoms with Crippen molar-refractivity contribution in [2.24, 2.45) is 11.7 Å². The maximum Gasteiger partial charge on any atom is 0.244 e. The van der Waals surface area contributed by atoms with Gasteiger partial charge in [-0.15, -0.1) is 0 Å². The Morgan fingerprint density at radius 1 is 1.10 bits per heavy atom. The van der Waals surface area contributed by atoms with Crippen molar-refractivity contribution < 1.29 is 14.4 Å². The van der Waals surface area contributed by atoms with Crippen molar-refractivity contribution in [3.63, 3.8) is 0 Å². The smallest absolute Gasteiger partial charge is 0.244 e. The van der Waals surface area contributed by atoms with Crippen LogP contribution in [0.1, 0.15) is 27.2 Å². The molecule has 1 aliphatic rings. The molecule has 0 saturated carbocycles. The van der Waals surface area contributed by atoms with E-state index in [-0.39, 0.29) is 23.6 Å². The lowest BCUT2D eigenvalue weighted by molar-refractivity contribution is -0.141. The van der Waals surface area contributed by atoms with Crippen LogP contribution in [0.3, 0.4) is 0 Å². The fourth-order valence-electron chi connectivity index (χ4n) is 3.72. The molecular formula is C22H32N6O3. The molecule has 3 heterocycles. The van der Waals surface area contributed by atoms with Gasteiger partial charge in [0.25, 0.3) is 0 Å². The second kappa shape index (κ2) is 9.91. The maximum absolute atomic E-state index is 12.7. The van der Waals surface area contributed by atoms with Crippen molar-refractivity contribution in [2.45, 2.75) is 45.8 Å². The molecule has 1 fully saturated rings. The standard InChI is InChI=1S/C22H32N6O3/c1-15(2)20(23)21(30)25-16(3)22(31)28-12-10-27(11-13-28)19(29)6-9-26-8-5-17-4-7-24-14-18(17)26/h4-5,7-8,14-16,20H,6,9-13,23H2,1-3H3,(H,25,30)/t16-,20+/m0/s1. The molecule has 0 aliphatic carbocycles. The zero-order chi connectivity index (χ0) is 22.5. The van der Waals surface area contributed by atoms with Gasteiger partial charge in [0.15, 0.2) is 0 Å². The van der Waals surface area contributed by atoms with Crippen LogP contribution >= 0.6 is 0 Å². The van der Waals surface area contributed by atoms with E-state index in [0.717, 1.165) is 10.9 Å². The summed E-state index contributed by atoms with van der Waals surface area (Å²) in [6.07, 6.45) is 5.92. The van der Waals surface area contributed by atoms with Crippen LogP contribution in [0.2, 0.25) is 0 Å². The molecule has 0 radical (unpaired) electrons. The van der Waals surface area contributed by atoms with Gasteiger partial charge < -0.3 is 25.4 Å². The third-order valence-electron chi connectivity index (χ3n) is 5.84. The largest absolute Gasteiger partial charge is 0.346 e. The van der Waals surface area contributed by atoms with Crippen LogP contribution in [-0.4, -0.2) is 75.3 Å². The Hall–Kier alpha value is -2.94. The molecule has 1 aliphatic heterocycles. The van der Waals surface area contributed by atoms with Gasteiger partial charge in [-0.3, -0.25) is 19.4 Å². The molecule has 3 amide bonds. The molecule has 3 rings (SSSR count). The van der Waals surface area contributed by atoms with Crippen molar-refractivity contribution >= 4 is 28.6 Å². The topological polar surface area (TPSA) is 114 Å². The van der Waals surface area contributed by atoms with Gasteiger partial charge in [-0.2, -0.15) is 0 Å². The Morgan fingerprint density at radius 2 is 1.77 bits per heavy atom. The molecular weight excluding hydrogens is 396 g/mol. The first kappa shape index (κ1) is 22.7. The average molecular weight is 429 g/mol. The summed E-state index contributed by atoms with van der Waals surface area (Å²) in [5, 5.41) is 3.80. The predicted molar refractivity (Wildman–Crippen MR) is 118 cm³/mol. The molecule has 9 heteroatoms. The van der Waals surface area contributed by atoms with E-state index >= 15 is 0 Å². The highest BCUT2D eigenvalue weighted by Crippen LogP contribution is 2.15. The molecule has 2 atom stereocenters. The first-order valence-electron chi connectivity index (χ1n) is 10.8. The number of carbonyl (C=O) groups is 3. The first-order valence-corrected chi connectivity index (χ1v) is 10.8. The van der Waals surface area contributed by atoms with Crippen molar-refractivity contribution in [1.82, 2.24) is 24.7 Å². The minimum absolute atomic E-state index is 0.00217. The molecule has 2 aromatic rings. The average Bonchev–Trinajstić information content (AvgIpc) is 3.19. The van der Waals surface area contributed by atoms with Crippen LogP contribution in [0.4, 0.5) is 0 Å². The zero-order valence-electron chi connectivity index (χ0n) is 18.5. The molecule has 0 bridgehead atoms. The highest BCUT2D eigenvalue weighted by Gasteiger charge is 2.29. The van der Waals surface area contributed by atoms with E-state index in [9.17, 15) is 14.4 Å². The minimum Gasteiger partial charge on any atom is -0.346 e. The third-order valence-corrected chi connectivity index (χ3v) is 5.84. The fraction of sp³-hybridized carbons (Fsp3) is 0.545. The molecule has 9 nitrogen and oxygen atoms in total. The summed E-state index contributed by atoms with van der Waals surface area (Å²) >= 11 is 0. The van der Waals surface area contributed by atoms with Crippen molar-refractivity contribution in [1.29, 1.82) is 0 Å². The molecule has 2 aromatic heterocycles. The molecule has 0 spiro atoms. The van der Waals surface area contributed by atoms with E-state index in [4.69, 9.17) is 5.73 Å². The highest BCUT2D eigenvalue weighted by molar-refractivity contribution is 5.89. The molecule has 1 saturated heterocycles. The number of hydrogen-bond acceptors (Lipinski definition) is 5. The number of pyridine rings is 1. The maximum atomic E-state index is 12.7. The van der Waals surface area contributed by atoms with Gasteiger partial charge in [-0.25, -0.2) is 0 Å².